The van der Waals surface area contributed by atoms with E-state index < -0.39 is 10.2 Å². The lowest BCUT2D eigenvalue weighted by molar-refractivity contribution is 0.0671. The Morgan fingerprint density at radius 2 is 1.67 bits per heavy atom. The number of fused-ring (bicyclic) bond motifs is 1. The smallest absolute Gasteiger partial charge is 0.282 e. The number of piperidine rings is 1. The van der Waals surface area contributed by atoms with Crippen LogP contribution in [0.15, 0.2) is 0 Å². The largest absolute Gasteiger partial charge is 0.379 e. The molecular weight excluding hydrogens is 252 g/mol. The second-order valence-electron chi connectivity index (χ2n) is 5.53. The second kappa shape index (κ2) is 5.07. The van der Waals surface area contributed by atoms with E-state index in [1.54, 1.807) is 8.61 Å². The Bertz CT molecular complexity index is 392. The van der Waals surface area contributed by atoms with Crippen molar-refractivity contribution in [2.75, 3.05) is 32.8 Å². The van der Waals surface area contributed by atoms with Gasteiger partial charge in [-0.2, -0.15) is 17.0 Å². The van der Waals surface area contributed by atoms with Crippen LogP contribution in [0.25, 0.3) is 0 Å². The summed E-state index contributed by atoms with van der Waals surface area (Å²) >= 11 is 0. The molecule has 5 nitrogen and oxygen atoms in total. The molecule has 3 rings (SSSR count). The molecule has 3 fully saturated rings. The molecule has 0 spiro atoms. The lowest BCUT2D eigenvalue weighted by Gasteiger charge is -2.40. The van der Waals surface area contributed by atoms with Gasteiger partial charge in [-0.05, 0) is 31.6 Å². The molecule has 2 saturated heterocycles. The highest BCUT2D eigenvalue weighted by atomic mass is 32.2. The number of morpholine rings is 1. The van der Waals surface area contributed by atoms with E-state index >= 15 is 0 Å². The lowest BCUT2D eigenvalue weighted by atomic mass is 9.94. The first kappa shape index (κ1) is 12.8. The molecular formula is C12H22N2O3S. The van der Waals surface area contributed by atoms with Gasteiger partial charge in [-0.1, -0.05) is 6.42 Å². The first-order valence-electron chi connectivity index (χ1n) is 7.04. The summed E-state index contributed by atoms with van der Waals surface area (Å²) in [6, 6.07) is 0.270. The topological polar surface area (TPSA) is 49.9 Å². The first-order chi connectivity index (χ1) is 8.69. The third-order valence-corrected chi connectivity index (χ3v) is 6.60. The Balaban J connectivity index is 1.79. The fraction of sp³-hybridized carbons (Fsp3) is 1.00. The maximum Gasteiger partial charge on any atom is 0.282 e. The van der Waals surface area contributed by atoms with Crippen molar-refractivity contribution in [3.05, 3.63) is 0 Å². The zero-order chi connectivity index (χ0) is 12.6. The van der Waals surface area contributed by atoms with Gasteiger partial charge in [0.05, 0.1) is 13.2 Å². The van der Waals surface area contributed by atoms with Crippen LogP contribution in [0.3, 0.4) is 0 Å². The first-order valence-corrected chi connectivity index (χ1v) is 8.44. The summed E-state index contributed by atoms with van der Waals surface area (Å²) in [6.45, 7) is 2.79. The van der Waals surface area contributed by atoms with Gasteiger partial charge in [-0.15, -0.1) is 0 Å². The average Bonchev–Trinajstić information content (AvgIpc) is 2.87. The fourth-order valence-corrected chi connectivity index (χ4v) is 5.51. The molecule has 2 heterocycles. The SMILES string of the molecule is O=S(=O)(N1CCOCC1)N1CCC[C@@H]2CCC[C@@H]21. The van der Waals surface area contributed by atoms with Crippen LogP contribution in [0.5, 0.6) is 0 Å². The normalized spacial score (nSPS) is 35.6. The zero-order valence-electron chi connectivity index (χ0n) is 10.8. The molecule has 0 radical (unpaired) electrons. The molecule has 3 aliphatic rings. The standard InChI is InChI=1S/C12H22N2O3S/c15-18(16,13-7-9-17-10-8-13)14-6-2-4-11-3-1-5-12(11)14/h11-12H,1-10H2/t11-,12-/m0/s1. The van der Waals surface area contributed by atoms with Crippen molar-refractivity contribution in [3.63, 3.8) is 0 Å². The van der Waals surface area contributed by atoms with E-state index in [0.29, 0.717) is 38.8 Å². The lowest BCUT2D eigenvalue weighted by Crippen LogP contribution is -2.54. The van der Waals surface area contributed by atoms with Crippen LogP contribution in [0, 0.1) is 5.92 Å². The predicted octanol–water partition coefficient (Wildman–Crippen LogP) is 0.828. The number of hydrogen-bond acceptors (Lipinski definition) is 3. The molecule has 18 heavy (non-hydrogen) atoms. The van der Waals surface area contributed by atoms with Gasteiger partial charge >= 0.3 is 0 Å². The minimum absolute atomic E-state index is 0.270. The van der Waals surface area contributed by atoms with Crippen LogP contribution in [-0.2, 0) is 14.9 Å². The van der Waals surface area contributed by atoms with Crippen molar-refractivity contribution in [1.29, 1.82) is 0 Å². The quantitative estimate of drug-likeness (QED) is 0.749. The second-order valence-corrected chi connectivity index (χ2v) is 7.41. The number of rotatable bonds is 2. The maximum absolute atomic E-state index is 12.7. The number of hydrogen-bond donors (Lipinski definition) is 0. The Kier molecular flexibility index (Phi) is 3.62. The van der Waals surface area contributed by atoms with Gasteiger partial charge in [0.2, 0.25) is 0 Å². The Morgan fingerprint density at radius 1 is 0.944 bits per heavy atom. The number of ether oxygens (including phenoxy) is 1. The van der Waals surface area contributed by atoms with E-state index in [0.717, 1.165) is 12.8 Å². The predicted molar refractivity (Wildman–Crippen MR) is 68.4 cm³/mol. The third kappa shape index (κ3) is 2.19. The van der Waals surface area contributed by atoms with Crippen LogP contribution < -0.4 is 0 Å². The van der Waals surface area contributed by atoms with E-state index in [1.165, 1.54) is 19.3 Å². The van der Waals surface area contributed by atoms with E-state index in [1.807, 2.05) is 0 Å². The Morgan fingerprint density at radius 3 is 2.44 bits per heavy atom. The zero-order valence-corrected chi connectivity index (χ0v) is 11.6. The van der Waals surface area contributed by atoms with Crippen LogP contribution in [0.1, 0.15) is 32.1 Å². The molecule has 2 aliphatic heterocycles. The summed E-state index contributed by atoms with van der Waals surface area (Å²) in [5.74, 6) is 0.606. The van der Waals surface area contributed by atoms with Crippen molar-refractivity contribution in [2.45, 2.75) is 38.1 Å². The third-order valence-electron chi connectivity index (χ3n) is 4.53. The highest BCUT2D eigenvalue weighted by molar-refractivity contribution is 7.86. The summed E-state index contributed by atoms with van der Waals surface area (Å²) in [7, 11) is -3.25. The molecule has 0 aromatic rings. The summed E-state index contributed by atoms with van der Waals surface area (Å²) in [5, 5.41) is 0. The summed E-state index contributed by atoms with van der Waals surface area (Å²) in [6.07, 6.45) is 5.67. The minimum Gasteiger partial charge on any atom is -0.379 e. The molecule has 0 aromatic heterocycles. The Hall–Kier alpha value is -0.170. The van der Waals surface area contributed by atoms with Crippen LogP contribution >= 0.6 is 0 Å². The fourth-order valence-electron chi connectivity index (χ4n) is 3.62. The van der Waals surface area contributed by atoms with Crippen molar-refractivity contribution in [3.8, 4) is 0 Å². The molecule has 1 aliphatic carbocycles. The molecule has 0 amide bonds. The summed E-state index contributed by atoms with van der Waals surface area (Å²) in [4.78, 5) is 0. The van der Waals surface area contributed by atoms with Gasteiger partial charge in [0, 0.05) is 25.7 Å². The molecule has 0 bridgehead atoms. The van der Waals surface area contributed by atoms with Gasteiger partial charge in [0.25, 0.3) is 10.2 Å². The van der Waals surface area contributed by atoms with Crippen molar-refractivity contribution < 1.29 is 13.2 Å². The van der Waals surface area contributed by atoms with E-state index in [-0.39, 0.29) is 6.04 Å². The van der Waals surface area contributed by atoms with Crippen LogP contribution in [0.2, 0.25) is 0 Å². The van der Waals surface area contributed by atoms with E-state index in [2.05, 4.69) is 0 Å². The average molecular weight is 274 g/mol. The molecule has 1 saturated carbocycles. The Labute approximate surface area is 109 Å². The van der Waals surface area contributed by atoms with Crippen molar-refractivity contribution >= 4 is 10.2 Å². The van der Waals surface area contributed by atoms with Crippen LogP contribution in [-0.4, -0.2) is 55.9 Å². The molecule has 2 atom stereocenters. The highest BCUT2D eigenvalue weighted by Gasteiger charge is 2.43. The van der Waals surface area contributed by atoms with Crippen molar-refractivity contribution in [2.24, 2.45) is 5.92 Å². The van der Waals surface area contributed by atoms with Gasteiger partial charge in [0.1, 0.15) is 0 Å². The molecule has 6 heteroatoms. The summed E-state index contributed by atoms with van der Waals surface area (Å²) < 4.78 is 34.0. The van der Waals surface area contributed by atoms with Gasteiger partial charge in [-0.25, -0.2) is 0 Å². The van der Waals surface area contributed by atoms with Crippen LogP contribution in [0.4, 0.5) is 0 Å². The molecule has 0 N–H and O–H groups in total. The van der Waals surface area contributed by atoms with Gasteiger partial charge in [0.15, 0.2) is 0 Å². The number of nitrogens with zero attached hydrogens (tertiary/aromatic N) is 2. The van der Waals surface area contributed by atoms with Gasteiger partial charge < -0.3 is 4.74 Å². The molecule has 104 valence electrons. The highest BCUT2D eigenvalue weighted by Crippen LogP contribution is 2.38. The van der Waals surface area contributed by atoms with E-state index in [9.17, 15) is 8.42 Å². The van der Waals surface area contributed by atoms with Gasteiger partial charge in [-0.3, -0.25) is 0 Å². The summed E-state index contributed by atoms with van der Waals surface area (Å²) in [5.41, 5.74) is 0. The molecule has 0 unspecified atom stereocenters. The van der Waals surface area contributed by atoms with E-state index in [4.69, 9.17) is 4.74 Å². The maximum atomic E-state index is 12.7. The minimum atomic E-state index is -3.25. The monoisotopic (exact) mass is 274 g/mol. The molecule has 0 aromatic carbocycles. The van der Waals surface area contributed by atoms with Crippen molar-refractivity contribution in [1.82, 2.24) is 8.61 Å².